The molecule has 6 heteroatoms. The Kier molecular flexibility index (Phi) is 6.02. The van der Waals surface area contributed by atoms with Gasteiger partial charge in [0, 0.05) is 42.5 Å². The van der Waals surface area contributed by atoms with Crippen LogP contribution in [0.2, 0.25) is 0 Å². The highest BCUT2D eigenvalue weighted by Gasteiger charge is 2.16. The third-order valence-corrected chi connectivity index (χ3v) is 6.26. The topological polar surface area (TPSA) is 50.2 Å². The highest BCUT2D eigenvalue weighted by molar-refractivity contribution is 7.99. The van der Waals surface area contributed by atoms with Gasteiger partial charge in [0.25, 0.3) is 5.91 Å². The van der Waals surface area contributed by atoms with Crippen molar-refractivity contribution in [1.82, 2.24) is 14.7 Å². The minimum Gasteiger partial charge on any atom is -0.320 e. The van der Waals surface area contributed by atoms with E-state index in [4.69, 9.17) is 0 Å². The van der Waals surface area contributed by atoms with Crippen molar-refractivity contribution in [2.75, 3.05) is 29.9 Å². The van der Waals surface area contributed by atoms with E-state index in [-0.39, 0.29) is 5.91 Å². The van der Waals surface area contributed by atoms with Crippen molar-refractivity contribution >= 4 is 23.4 Å². The van der Waals surface area contributed by atoms with E-state index in [0.29, 0.717) is 5.69 Å². The van der Waals surface area contributed by atoms with Crippen molar-refractivity contribution in [3.8, 4) is 5.69 Å². The molecule has 0 unspecified atom stereocenters. The van der Waals surface area contributed by atoms with Gasteiger partial charge in [0.1, 0.15) is 0 Å². The molecule has 0 bridgehead atoms. The van der Waals surface area contributed by atoms with Gasteiger partial charge in [0.05, 0.1) is 5.69 Å². The van der Waals surface area contributed by atoms with Crippen molar-refractivity contribution in [2.45, 2.75) is 20.4 Å². The molecule has 4 rings (SSSR count). The Morgan fingerprint density at radius 1 is 1.07 bits per heavy atom. The predicted molar refractivity (Wildman–Crippen MR) is 120 cm³/mol. The van der Waals surface area contributed by atoms with Crippen LogP contribution in [0, 0.1) is 13.8 Å². The van der Waals surface area contributed by atoms with Crippen molar-refractivity contribution in [2.24, 2.45) is 0 Å². The smallest absolute Gasteiger partial charge is 0.276 e. The monoisotopic (exact) mass is 406 g/mol. The van der Waals surface area contributed by atoms with Gasteiger partial charge in [-0.05, 0) is 49.2 Å². The first-order valence-electron chi connectivity index (χ1n) is 9.94. The molecule has 2 heterocycles. The van der Waals surface area contributed by atoms with Gasteiger partial charge >= 0.3 is 0 Å². The molecular weight excluding hydrogens is 380 g/mol. The molecular formula is C23H26N4OS. The fraction of sp³-hybridized carbons (Fsp3) is 0.304. The number of anilines is 1. The fourth-order valence-corrected chi connectivity index (χ4v) is 4.57. The zero-order chi connectivity index (χ0) is 20.2. The van der Waals surface area contributed by atoms with Crippen molar-refractivity contribution in [3.63, 3.8) is 0 Å². The van der Waals surface area contributed by atoms with Crippen molar-refractivity contribution < 1.29 is 4.79 Å². The van der Waals surface area contributed by atoms with Gasteiger partial charge in [-0.15, -0.1) is 0 Å². The van der Waals surface area contributed by atoms with Gasteiger partial charge in [0.15, 0.2) is 5.69 Å². The van der Waals surface area contributed by atoms with Crippen LogP contribution in [0.4, 0.5) is 5.69 Å². The maximum atomic E-state index is 12.9. The molecule has 1 aliphatic rings. The molecule has 1 fully saturated rings. The number of carbonyl (C=O) groups is 1. The summed E-state index contributed by atoms with van der Waals surface area (Å²) in [4.78, 5) is 15.3. The number of rotatable bonds is 5. The van der Waals surface area contributed by atoms with Crippen molar-refractivity contribution in [3.05, 3.63) is 77.1 Å². The van der Waals surface area contributed by atoms with Crippen LogP contribution in [0.15, 0.2) is 54.6 Å². The van der Waals surface area contributed by atoms with Gasteiger partial charge in [-0.25, -0.2) is 4.68 Å². The Balaban J connectivity index is 1.51. The van der Waals surface area contributed by atoms with Gasteiger partial charge in [-0.1, -0.05) is 30.3 Å². The van der Waals surface area contributed by atoms with Gasteiger partial charge in [-0.2, -0.15) is 16.9 Å². The van der Waals surface area contributed by atoms with E-state index >= 15 is 0 Å². The zero-order valence-electron chi connectivity index (χ0n) is 16.9. The number of nitrogens with one attached hydrogen (secondary N) is 1. The molecule has 1 aromatic heterocycles. The van der Waals surface area contributed by atoms with E-state index in [1.807, 2.05) is 67.2 Å². The number of thioether (sulfide) groups is 1. The molecule has 1 aliphatic heterocycles. The fourth-order valence-electron chi connectivity index (χ4n) is 3.59. The zero-order valence-corrected chi connectivity index (χ0v) is 17.7. The molecule has 0 atom stereocenters. The molecule has 2 aromatic carbocycles. The molecule has 3 aromatic rings. The number of hydrogen-bond acceptors (Lipinski definition) is 4. The van der Waals surface area contributed by atoms with Crippen LogP contribution in [0.25, 0.3) is 5.69 Å². The number of amides is 1. The van der Waals surface area contributed by atoms with Crippen LogP contribution in [0.3, 0.4) is 0 Å². The minimum absolute atomic E-state index is 0.183. The number of aromatic nitrogens is 2. The van der Waals surface area contributed by atoms with E-state index < -0.39 is 0 Å². The Bertz CT molecular complexity index is 993. The number of carbonyl (C=O) groups excluding carboxylic acids is 1. The second-order valence-electron chi connectivity index (χ2n) is 7.35. The summed E-state index contributed by atoms with van der Waals surface area (Å²) < 4.78 is 1.80. The van der Waals surface area contributed by atoms with Crippen LogP contribution in [-0.4, -0.2) is 45.2 Å². The standard InChI is InChI=1S/C23H26N4OS/c1-17-15-22(25-27(17)20-8-4-3-5-9-20)23(28)24-21-10-6-7-19(18(21)2)16-26-11-13-29-14-12-26/h3-10,15H,11-14,16H2,1-2H3,(H,24,28). The molecule has 0 radical (unpaired) electrons. The first-order chi connectivity index (χ1) is 14.1. The number of hydrogen-bond donors (Lipinski definition) is 1. The normalized spacial score (nSPS) is 14.7. The number of para-hydroxylation sites is 1. The summed E-state index contributed by atoms with van der Waals surface area (Å²) in [5.74, 6) is 2.20. The van der Waals surface area contributed by atoms with E-state index in [0.717, 1.165) is 42.3 Å². The van der Waals surface area contributed by atoms with E-state index in [1.54, 1.807) is 4.68 Å². The SMILES string of the molecule is Cc1c(CN2CCSCC2)cccc1NC(=O)c1cc(C)n(-c2ccccc2)n1. The van der Waals surface area contributed by atoms with Gasteiger partial charge in [0.2, 0.25) is 0 Å². The summed E-state index contributed by atoms with van der Waals surface area (Å²) in [5, 5.41) is 7.57. The second kappa shape index (κ2) is 8.84. The number of benzene rings is 2. The Labute approximate surface area is 176 Å². The van der Waals surface area contributed by atoms with Gasteiger partial charge in [-0.3, -0.25) is 9.69 Å². The summed E-state index contributed by atoms with van der Waals surface area (Å²) in [6.45, 7) is 7.21. The van der Waals surface area contributed by atoms with Crippen LogP contribution in [0.5, 0.6) is 0 Å². The molecule has 1 amide bonds. The summed E-state index contributed by atoms with van der Waals surface area (Å²) in [5.41, 5.74) is 5.53. The van der Waals surface area contributed by atoms with Crippen LogP contribution in [0.1, 0.15) is 27.3 Å². The molecule has 0 aliphatic carbocycles. The highest BCUT2D eigenvalue weighted by Crippen LogP contribution is 2.23. The Morgan fingerprint density at radius 3 is 2.59 bits per heavy atom. The largest absolute Gasteiger partial charge is 0.320 e. The maximum absolute atomic E-state index is 12.9. The summed E-state index contributed by atoms with van der Waals surface area (Å²) in [7, 11) is 0. The number of aryl methyl sites for hydroxylation is 1. The van der Waals surface area contributed by atoms with Gasteiger partial charge < -0.3 is 5.32 Å². The summed E-state index contributed by atoms with van der Waals surface area (Å²) >= 11 is 2.02. The Hall–Kier alpha value is -2.57. The molecule has 0 saturated carbocycles. The van der Waals surface area contributed by atoms with Crippen molar-refractivity contribution in [1.29, 1.82) is 0 Å². The second-order valence-corrected chi connectivity index (χ2v) is 8.58. The summed E-state index contributed by atoms with van der Waals surface area (Å²) in [6.07, 6.45) is 0. The van der Waals surface area contributed by atoms with Crippen LogP contribution >= 0.6 is 11.8 Å². The molecule has 0 spiro atoms. The lowest BCUT2D eigenvalue weighted by Gasteiger charge is -2.27. The first kappa shape index (κ1) is 19.7. The first-order valence-corrected chi connectivity index (χ1v) is 11.1. The lowest BCUT2D eigenvalue weighted by molar-refractivity contribution is 0.102. The Morgan fingerprint density at radius 2 is 1.83 bits per heavy atom. The minimum atomic E-state index is -0.183. The third-order valence-electron chi connectivity index (χ3n) is 5.31. The predicted octanol–water partition coefficient (Wildman–Crippen LogP) is 4.29. The lowest BCUT2D eigenvalue weighted by Crippen LogP contribution is -2.32. The molecule has 1 saturated heterocycles. The van der Waals surface area contributed by atoms with E-state index in [1.165, 1.54) is 17.1 Å². The third kappa shape index (κ3) is 4.54. The molecule has 1 N–H and O–H groups in total. The average Bonchev–Trinajstić information content (AvgIpc) is 3.14. The molecule has 150 valence electrons. The number of nitrogens with zero attached hydrogens (tertiary/aromatic N) is 3. The van der Waals surface area contributed by atoms with E-state index in [2.05, 4.69) is 28.3 Å². The maximum Gasteiger partial charge on any atom is 0.276 e. The van der Waals surface area contributed by atoms with Crippen LogP contribution < -0.4 is 5.32 Å². The van der Waals surface area contributed by atoms with Crippen LogP contribution in [-0.2, 0) is 6.54 Å². The molecule has 29 heavy (non-hydrogen) atoms. The highest BCUT2D eigenvalue weighted by atomic mass is 32.2. The summed E-state index contributed by atoms with van der Waals surface area (Å²) in [6, 6.07) is 17.8. The lowest BCUT2D eigenvalue weighted by atomic mass is 10.1. The average molecular weight is 407 g/mol. The van der Waals surface area contributed by atoms with E-state index in [9.17, 15) is 4.79 Å². The quantitative estimate of drug-likeness (QED) is 0.687. The molecule has 5 nitrogen and oxygen atoms in total.